The third-order valence-corrected chi connectivity index (χ3v) is 3.68. The first-order valence-corrected chi connectivity index (χ1v) is 6.55. The molecule has 0 bridgehead atoms. The van der Waals surface area contributed by atoms with Crippen LogP contribution < -0.4 is 5.73 Å². The number of hydrogen-bond acceptors (Lipinski definition) is 5. The van der Waals surface area contributed by atoms with Crippen molar-refractivity contribution in [3.05, 3.63) is 40.4 Å². The molecule has 1 aromatic heterocycles. The minimum Gasteiger partial charge on any atom is -0.508 e. The quantitative estimate of drug-likeness (QED) is 0.899. The number of phenolic OH excluding ortho intramolecular Hbond substituents is 1. The van der Waals surface area contributed by atoms with Gasteiger partial charge in [-0.25, -0.2) is 4.98 Å². The Morgan fingerprint density at radius 1 is 1.42 bits per heavy atom. The first-order valence-electron chi connectivity index (χ1n) is 5.73. The number of thiazole rings is 1. The average Bonchev–Trinajstić information content (AvgIpc) is 2.70. The number of aromatic hydroxyl groups is 1. The van der Waals surface area contributed by atoms with Crippen molar-refractivity contribution < 1.29 is 9.90 Å². The number of nitrogens with zero attached hydrogens (tertiary/aromatic N) is 2. The fourth-order valence-electron chi connectivity index (χ4n) is 1.74. The van der Waals surface area contributed by atoms with E-state index in [2.05, 4.69) is 4.98 Å². The molecule has 0 unspecified atom stereocenters. The van der Waals surface area contributed by atoms with Crippen molar-refractivity contribution >= 4 is 22.4 Å². The molecule has 1 heterocycles. The summed E-state index contributed by atoms with van der Waals surface area (Å²) in [4.78, 5) is 18.5. The fourth-order valence-corrected chi connectivity index (χ4v) is 2.56. The van der Waals surface area contributed by atoms with Gasteiger partial charge in [-0.15, -0.1) is 0 Å². The number of hydrogen-bond donors (Lipinski definition) is 2. The van der Waals surface area contributed by atoms with E-state index in [1.807, 2.05) is 0 Å². The molecule has 0 saturated carbocycles. The van der Waals surface area contributed by atoms with Gasteiger partial charge in [-0.3, -0.25) is 4.79 Å². The van der Waals surface area contributed by atoms with E-state index in [9.17, 15) is 9.90 Å². The van der Waals surface area contributed by atoms with Gasteiger partial charge >= 0.3 is 0 Å². The Morgan fingerprint density at radius 3 is 2.58 bits per heavy atom. The number of benzene rings is 1. The molecule has 0 atom stereocenters. The molecule has 3 N–H and O–H groups in total. The number of nitrogen functional groups attached to an aromatic ring is 1. The second kappa shape index (κ2) is 5.27. The lowest BCUT2D eigenvalue weighted by molar-refractivity contribution is 0.0789. The van der Waals surface area contributed by atoms with Gasteiger partial charge in [0.25, 0.3) is 5.91 Å². The van der Waals surface area contributed by atoms with Crippen LogP contribution in [0, 0.1) is 6.92 Å². The highest BCUT2D eigenvalue weighted by atomic mass is 32.1. The van der Waals surface area contributed by atoms with Gasteiger partial charge in [0.2, 0.25) is 0 Å². The monoisotopic (exact) mass is 277 g/mol. The molecular formula is C13H15N3O2S. The van der Waals surface area contributed by atoms with Crippen LogP contribution >= 0.6 is 11.3 Å². The Bertz CT molecular complexity index is 592. The number of carbonyl (C=O) groups excluding carboxylic acids is 1. The third kappa shape index (κ3) is 3.03. The summed E-state index contributed by atoms with van der Waals surface area (Å²) in [7, 11) is 1.73. The Labute approximate surface area is 115 Å². The largest absolute Gasteiger partial charge is 0.508 e. The van der Waals surface area contributed by atoms with Gasteiger partial charge < -0.3 is 15.7 Å². The van der Waals surface area contributed by atoms with Crippen molar-refractivity contribution in [1.82, 2.24) is 9.88 Å². The molecule has 6 heteroatoms. The number of nitrogens with two attached hydrogens (primary N) is 1. The number of aryl methyl sites for hydroxylation is 1. The molecule has 0 saturated heterocycles. The van der Waals surface area contributed by atoms with E-state index in [4.69, 9.17) is 5.73 Å². The molecule has 0 aliphatic heterocycles. The highest BCUT2D eigenvalue weighted by Gasteiger charge is 2.18. The van der Waals surface area contributed by atoms with Gasteiger partial charge in [0.05, 0.1) is 5.69 Å². The summed E-state index contributed by atoms with van der Waals surface area (Å²) in [5.41, 5.74) is 7.20. The van der Waals surface area contributed by atoms with Gasteiger partial charge in [0.15, 0.2) is 5.13 Å². The van der Waals surface area contributed by atoms with Crippen LogP contribution in [0.25, 0.3) is 0 Å². The minimum absolute atomic E-state index is 0.0974. The van der Waals surface area contributed by atoms with E-state index in [0.717, 1.165) is 5.56 Å². The average molecular weight is 277 g/mol. The van der Waals surface area contributed by atoms with Crippen LogP contribution in [0.3, 0.4) is 0 Å². The lowest BCUT2D eigenvalue weighted by Crippen LogP contribution is -2.26. The minimum atomic E-state index is -0.0974. The zero-order chi connectivity index (χ0) is 14.0. The molecular weight excluding hydrogens is 262 g/mol. The van der Waals surface area contributed by atoms with E-state index in [1.54, 1.807) is 43.1 Å². The number of carbonyl (C=O) groups is 1. The smallest absolute Gasteiger partial charge is 0.265 e. The maximum absolute atomic E-state index is 12.2. The number of anilines is 1. The lowest BCUT2D eigenvalue weighted by Gasteiger charge is -2.16. The van der Waals surface area contributed by atoms with Crippen molar-refractivity contribution in [3.8, 4) is 5.75 Å². The standard InChI is InChI=1S/C13H15N3O2S/c1-8-11(19-13(14)15-8)12(18)16(2)7-9-3-5-10(17)6-4-9/h3-6,17H,7H2,1-2H3,(H2,14,15). The zero-order valence-electron chi connectivity index (χ0n) is 10.8. The van der Waals surface area contributed by atoms with Gasteiger partial charge in [0, 0.05) is 13.6 Å². The topological polar surface area (TPSA) is 79.5 Å². The van der Waals surface area contributed by atoms with Crippen LogP contribution in [-0.4, -0.2) is 27.9 Å². The number of aromatic nitrogens is 1. The molecule has 19 heavy (non-hydrogen) atoms. The molecule has 5 nitrogen and oxygen atoms in total. The normalized spacial score (nSPS) is 10.4. The van der Waals surface area contributed by atoms with Crippen LogP contribution in [0.2, 0.25) is 0 Å². The van der Waals surface area contributed by atoms with Crippen LogP contribution in [0.1, 0.15) is 20.9 Å². The van der Waals surface area contributed by atoms with Crippen LogP contribution in [0.5, 0.6) is 5.75 Å². The van der Waals surface area contributed by atoms with Crippen molar-refractivity contribution in [1.29, 1.82) is 0 Å². The molecule has 1 amide bonds. The van der Waals surface area contributed by atoms with Crippen LogP contribution in [0.4, 0.5) is 5.13 Å². The molecule has 0 radical (unpaired) electrons. The number of phenols is 1. The first kappa shape index (κ1) is 13.4. The molecule has 100 valence electrons. The van der Waals surface area contributed by atoms with E-state index >= 15 is 0 Å². The van der Waals surface area contributed by atoms with Crippen molar-refractivity contribution in [3.63, 3.8) is 0 Å². The van der Waals surface area contributed by atoms with E-state index in [0.29, 0.717) is 22.2 Å². The van der Waals surface area contributed by atoms with Crippen LogP contribution in [-0.2, 0) is 6.54 Å². The van der Waals surface area contributed by atoms with E-state index in [-0.39, 0.29) is 11.7 Å². The number of amides is 1. The number of rotatable bonds is 3. The van der Waals surface area contributed by atoms with Crippen molar-refractivity contribution in [2.45, 2.75) is 13.5 Å². The maximum Gasteiger partial charge on any atom is 0.265 e. The van der Waals surface area contributed by atoms with Crippen LogP contribution in [0.15, 0.2) is 24.3 Å². The highest BCUT2D eigenvalue weighted by Crippen LogP contribution is 2.22. The maximum atomic E-state index is 12.2. The molecule has 2 aromatic rings. The molecule has 0 fully saturated rings. The Kier molecular flexibility index (Phi) is 3.71. The van der Waals surface area contributed by atoms with Gasteiger partial charge in [-0.1, -0.05) is 23.5 Å². The van der Waals surface area contributed by atoms with E-state index in [1.165, 1.54) is 11.3 Å². The molecule has 1 aromatic carbocycles. The second-order valence-corrected chi connectivity index (χ2v) is 5.32. The Hall–Kier alpha value is -2.08. The molecule has 2 rings (SSSR count). The summed E-state index contributed by atoms with van der Waals surface area (Å²) in [6.45, 7) is 2.24. The molecule has 0 aliphatic carbocycles. The summed E-state index contributed by atoms with van der Waals surface area (Å²) in [5.74, 6) is 0.114. The summed E-state index contributed by atoms with van der Waals surface area (Å²) in [6.07, 6.45) is 0. The summed E-state index contributed by atoms with van der Waals surface area (Å²) < 4.78 is 0. The SMILES string of the molecule is Cc1nc(N)sc1C(=O)N(C)Cc1ccc(O)cc1. The predicted octanol–water partition coefficient (Wildman–Crippen LogP) is 2.01. The lowest BCUT2D eigenvalue weighted by atomic mass is 10.2. The Balaban J connectivity index is 2.11. The van der Waals surface area contributed by atoms with Gasteiger partial charge in [-0.2, -0.15) is 0 Å². The van der Waals surface area contributed by atoms with Crippen molar-refractivity contribution in [2.75, 3.05) is 12.8 Å². The van der Waals surface area contributed by atoms with Crippen molar-refractivity contribution in [2.24, 2.45) is 0 Å². The first-order chi connectivity index (χ1) is 8.97. The molecule has 0 aliphatic rings. The summed E-state index contributed by atoms with van der Waals surface area (Å²) >= 11 is 1.20. The third-order valence-electron chi connectivity index (χ3n) is 2.71. The van der Waals surface area contributed by atoms with E-state index < -0.39 is 0 Å². The fraction of sp³-hybridized carbons (Fsp3) is 0.231. The van der Waals surface area contributed by atoms with Gasteiger partial charge in [-0.05, 0) is 24.6 Å². The predicted molar refractivity (Wildman–Crippen MR) is 75.2 cm³/mol. The molecule has 0 spiro atoms. The zero-order valence-corrected chi connectivity index (χ0v) is 11.6. The second-order valence-electron chi connectivity index (χ2n) is 4.29. The highest BCUT2D eigenvalue weighted by molar-refractivity contribution is 7.17. The summed E-state index contributed by atoms with van der Waals surface area (Å²) in [5, 5.41) is 9.62. The summed E-state index contributed by atoms with van der Waals surface area (Å²) in [6, 6.07) is 6.77. The Morgan fingerprint density at radius 2 is 2.05 bits per heavy atom. The van der Waals surface area contributed by atoms with Gasteiger partial charge in [0.1, 0.15) is 10.6 Å².